The Morgan fingerprint density at radius 3 is 2.44 bits per heavy atom. The van der Waals surface area contributed by atoms with Crippen molar-refractivity contribution >= 4 is 5.97 Å². The van der Waals surface area contributed by atoms with Gasteiger partial charge in [-0.2, -0.15) is 0 Å². The molecule has 0 aromatic rings. The van der Waals surface area contributed by atoms with Crippen LogP contribution in [0.1, 0.15) is 64.7 Å². The smallest absolute Gasteiger partial charge is 0.341 e. The lowest BCUT2D eigenvalue weighted by atomic mass is 9.80. The summed E-state index contributed by atoms with van der Waals surface area (Å²) >= 11 is 0. The zero-order chi connectivity index (χ0) is 11.9. The molecule has 1 aliphatic heterocycles. The van der Waals surface area contributed by atoms with Gasteiger partial charge in [-0.05, 0) is 51.9 Å². The SMILES string of the molecule is CC12CCCCC1(C(=O)OC1CCCCC1)O2.O. The van der Waals surface area contributed by atoms with Crippen molar-refractivity contribution in [3.63, 3.8) is 0 Å². The quantitative estimate of drug-likeness (QED) is 0.561. The highest BCUT2D eigenvalue weighted by atomic mass is 16.7. The van der Waals surface area contributed by atoms with E-state index in [2.05, 4.69) is 6.92 Å². The van der Waals surface area contributed by atoms with Crippen molar-refractivity contribution in [1.82, 2.24) is 0 Å². The minimum absolute atomic E-state index is 0. The fraction of sp³-hybridized carbons (Fsp3) is 0.929. The van der Waals surface area contributed by atoms with E-state index in [1.807, 2.05) is 0 Å². The second-order valence-corrected chi connectivity index (χ2v) is 6.03. The van der Waals surface area contributed by atoms with Gasteiger partial charge >= 0.3 is 5.97 Å². The van der Waals surface area contributed by atoms with Crippen LogP contribution in [0, 0.1) is 0 Å². The number of hydrogen-bond donors (Lipinski definition) is 0. The van der Waals surface area contributed by atoms with Crippen LogP contribution in [0.5, 0.6) is 0 Å². The molecule has 2 atom stereocenters. The average molecular weight is 256 g/mol. The number of fused-ring (bicyclic) bond motifs is 1. The third kappa shape index (κ3) is 2.05. The first-order valence-electron chi connectivity index (χ1n) is 7.08. The maximum Gasteiger partial charge on any atom is 0.341 e. The Bertz CT molecular complexity index is 320. The molecule has 2 saturated carbocycles. The summed E-state index contributed by atoms with van der Waals surface area (Å²) < 4.78 is 11.5. The topological polar surface area (TPSA) is 70.3 Å². The number of hydrogen-bond acceptors (Lipinski definition) is 3. The molecule has 2 N–H and O–H groups in total. The number of carbonyl (C=O) groups excluding carboxylic acids is 1. The number of rotatable bonds is 2. The molecule has 3 fully saturated rings. The predicted molar refractivity (Wildman–Crippen MR) is 67.3 cm³/mol. The van der Waals surface area contributed by atoms with Gasteiger partial charge in [0.2, 0.25) is 0 Å². The largest absolute Gasteiger partial charge is 0.460 e. The second-order valence-electron chi connectivity index (χ2n) is 6.03. The Balaban J connectivity index is 0.00000120. The van der Waals surface area contributed by atoms with Gasteiger partial charge in [0.1, 0.15) is 11.7 Å². The van der Waals surface area contributed by atoms with E-state index in [0.717, 1.165) is 32.1 Å². The van der Waals surface area contributed by atoms with Crippen LogP contribution in [0.2, 0.25) is 0 Å². The van der Waals surface area contributed by atoms with Crippen molar-refractivity contribution in [1.29, 1.82) is 0 Å². The molecular formula is C14H24O4. The van der Waals surface area contributed by atoms with Crippen molar-refractivity contribution in [2.75, 3.05) is 0 Å². The summed E-state index contributed by atoms with van der Waals surface area (Å²) in [6.45, 7) is 2.06. The van der Waals surface area contributed by atoms with E-state index < -0.39 is 5.60 Å². The fourth-order valence-electron chi connectivity index (χ4n) is 3.55. The molecule has 0 bridgehead atoms. The van der Waals surface area contributed by atoms with Crippen LogP contribution in [0.4, 0.5) is 0 Å². The zero-order valence-corrected chi connectivity index (χ0v) is 11.2. The van der Waals surface area contributed by atoms with Crippen molar-refractivity contribution in [3.8, 4) is 0 Å². The number of esters is 1. The molecule has 0 spiro atoms. The zero-order valence-electron chi connectivity index (χ0n) is 11.2. The molecule has 1 heterocycles. The third-order valence-electron chi connectivity index (χ3n) is 4.80. The van der Waals surface area contributed by atoms with Gasteiger partial charge in [0.25, 0.3) is 0 Å². The average Bonchev–Trinajstić information content (AvgIpc) is 2.98. The van der Waals surface area contributed by atoms with Gasteiger partial charge in [0.15, 0.2) is 5.60 Å². The molecule has 0 radical (unpaired) electrons. The maximum atomic E-state index is 12.3. The van der Waals surface area contributed by atoms with Gasteiger partial charge in [0.05, 0.1) is 0 Å². The van der Waals surface area contributed by atoms with Crippen LogP contribution in [-0.2, 0) is 14.3 Å². The molecule has 4 heteroatoms. The Kier molecular flexibility index (Phi) is 3.70. The first-order valence-corrected chi connectivity index (χ1v) is 7.08. The summed E-state index contributed by atoms with van der Waals surface area (Å²) in [4.78, 5) is 12.3. The summed E-state index contributed by atoms with van der Waals surface area (Å²) in [6.07, 6.45) is 10.0. The van der Waals surface area contributed by atoms with E-state index in [4.69, 9.17) is 9.47 Å². The summed E-state index contributed by atoms with van der Waals surface area (Å²) in [6, 6.07) is 0. The van der Waals surface area contributed by atoms with Gasteiger partial charge in [-0.3, -0.25) is 0 Å². The molecule has 0 aromatic heterocycles. The molecule has 0 amide bonds. The van der Waals surface area contributed by atoms with Crippen molar-refractivity contribution in [3.05, 3.63) is 0 Å². The molecule has 18 heavy (non-hydrogen) atoms. The molecule has 4 nitrogen and oxygen atoms in total. The Labute approximate surface area is 108 Å². The molecule has 3 aliphatic rings. The van der Waals surface area contributed by atoms with Crippen molar-refractivity contribution < 1.29 is 19.7 Å². The number of carbonyl (C=O) groups is 1. The molecular weight excluding hydrogens is 232 g/mol. The highest BCUT2D eigenvalue weighted by Gasteiger charge is 2.73. The highest BCUT2D eigenvalue weighted by molar-refractivity contribution is 5.85. The maximum absolute atomic E-state index is 12.3. The lowest BCUT2D eigenvalue weighted by Crippen LogP contribution is -2.39. The van der Waals surface area contributed by atoms with E-state index in [1.54, 1.807) is 0 Å². The molecule has 1 saturated heterocycles. The second kappa shape index (κ2) is 4.82. The predicted octanol–water partition coefficient (Wildman–Crippen LogP) is 2.14. The normalized spacial score (nSPS) is 39.4. The van der Waals surface area contributed by atoms with Crippen LogP contribution < -0.4 is 0 Å². The molecule has 0 aromatic carbocycles. The number of ether oxygens (including phenoxy) is 2. The van der Waals surface area contributed by atoms with Crippen LogP contribution in [0.15, 0.2) is 0 Å². The van der Waals surface area contributed by atoms with Crippen LogP contribution in [0.3, 0.4) is 0 Å². The molecule has 2 aliphatic carbocycles. The standard InChI is InChI=1S/C14H22O3.H2O/c1-13-9-5-6-10-14(13,17-13)12(15)16-11-7-3-2-4-8-11;/h11H,2-10H2,1H3;1H2. The van der Waals surface area contributed by atoms with Gasteiger partial charge in [0, 0.05) is 0 Å². The third-order valence-corrected chi connectivity index (χ3v) is 4.80. The van der Waals surface area contributed by atoms with Gasteiger partial charge < -0.3 is 14.9 Å². The minimum atomic E-state index is -0.567. The van der Waals surface area contributed by atoms with E-state index >= 15 is 0 Å². The highest BCUT2D eigenvalue weighted by Crippen LogP contribution is 2.58. The summed E-state index contributed by atoms with van der Waals surface area (Å²) in [5, 5.41) is 0. The monoisotopic (exact) mass is 256 g/mol. The Hall–Kier alpha value is -0.610. The molecule has 104 valence electrons. The summed E-state index contributed by atoms with van der Waals surface area (Å²) in [5.41, 5.74) is -0.778. The van der Waals surface area contributed by atoms with Gasteiger partial charge in [-0.1, -0.05) is 12.8 Å². The van der Waals surface area contributed by atoms with E-state index in [9.17, 15) is 4.79 Å². The van der Waals surface area contributed by atoms with Gasteiger partial charge in [-0.15, -0.1) is 0 Å². The number of epoxide rings is 1. The minimum Gasteiger partial charge on any atom is -0.460 e. The Morgan fingerprint density at radius 2 is 1.78 bits per heavy atom. The fourth-order valence-corrected chi connectivity index (χ4v) is 3.55. The van der Waals surface area contributed by atoms with Crippen molar-refractivity contribution in [2.24, 2.45) is 0 Å². The van der Waals surface area contributed by atoms with Crippen LogP contribution in [0.25, 0.3) is 0 Å². The van der Waals surface area contributed by atoms with E-state index in [-0.39, 0.29) is 23.2 Å². The van der Waals surface area contributed by atoms with Crippen molar-refractivity contribution in [2.45, 2.75) is 82.0 Å². The Morgan fingerprint density at radius 1 is 1.11 bits per heavy atom. The van der Waals surface area contributed by atoms with Crippen LogP contribution >= 0.6 is 0 Å². The summed E-state index contributed by atoms with van der Waals surface area (Å²) in [5.74, 6) is -0.0772. The lowest BCUT2D eigenvalue weighted by Gasteiger charge is -2.26. The lowest BCUT2D eigenvalue weighted by molar-refractivity contribution is -0.157. The summed E-state index contributed by atoms with van der Waals surface area (Å²) in [7, 11) is 0. The first kappa shape index (κ1) is 13.8. The van der Waals surface area contributed by atoms with Gasteiger partial charge in [-0.25, -0.2) is 4.79 Å². The first-order chi connectivity index (χ1) is 8.16. The van der Waals surface area contributed by atoms with Crippen LogP contribution in [-0.4, -0.2) is 28.8 Å². The van der Waals surface area contributed by atoms with E-state index in [0.29, 0.717) is 0 Å². The van der Waals surface area contributed by atoms with E-state index in [1.165, 1.54) is 25.7 Å². The molecule has 3 rings (SSSR count). The molecule has 2 unspecified atom stereocenters.